The van der Waals surface area contributed by atoms with E-state index in [-0.39, 0.29) is 0 Å². The zero-order valence-corrected chi connectivity index (χ0v) is 18.2. The largest absolute Gasteiger partial charge is 0.378 e. The molecular formula is C23H28N8. The van der Waals surface area contributed by atoms with Gasteiger partial charge < -0.3 is 15.5 Å². The van der Waals surface area contributed by atoms with Gasteiger partial charge in [-0.05, 0) is 37.6 Å². The average molecular weight is 417 g/mol. The predicted molar refractivity (Wildman–Crippen MR) is 124 cm³/mol. The Morgan fingerprint density at radius 1 is 1.16 bits per heavy atom. The van der Waals surface area contributed by atoms with Crippen LogP contribution in [0.5, 0.6) is 0 Å². The molecule has 0 amide bonds. The van der Waals surface area contributed by atoms with Gasteiger partial charge in [0.15, 0.2) is 5.65 Å². The lowest BCUT2D eigenvalue weighted by atomic mass is 9.96. The van der Waals surface area contributed by atoms with Crippen LogP contribution in [0.15, 0.2) is 48.9 Å². The second kappa shape index (κ2) is 8.03. The fourth-order valence-electron chi connectivity index (χ4n) is 4.16. The molecule has 4 heterocycles. The standard InChI is InChI=1S/C23H28N8/c1-29(2)19-8-4-7-18(10-19)27-22-11-21(16-6-5-9-24-12-16)28-23-20(14-26-31(22)23)17-13-25-30(3)15-17/h4,7-8,10-11,13-16,24,27H,5-6,9,12H2,1-3H3. The van der Waals surface area contributed by atoms with E-state index in [1.807, 2.05) is 44.2 Å². The predicted octanol–water partition coefficient (Wildman–Crippen LogP) is 3.41. The molecule has 5 rings (SSSR count). The van der Waals surface area contributed by atoms with E-state index in [4.69, 9.17) is 4.98 Å². The molecule has 0 spiro atoms. The molecular weight excluding hydrogens is 388 g/mol. The van der Waals surface area contributed by atoms with Gasteiger partial charge in [-0.15, -0.1) is 0 Å². The highest BCUT2D eigenvalue weighted by atomic mass is 15.3. The zero-order chi connectivity index (χ0) is 21.4. The van der Waals surface area contributed by atoms with Gasteiger partial charge in [0, 0.05) is 68.4 Å². The van der Waals surface area contributed by atoms with Crippen molar-refractivity contribution in [2.45, 2.75) is 18.8 Å². The number of piperidine rings is 1. The Balaban J connectivity index is 1.62. The first-order valence-electron chi connectivity index (χ1n) is 10.7. The van der Waals surface area contributed by atoms with Crippen LogP contribution in [0.2, 0.25) is 0 Å². The van der Waals surface area contributed by atoms with Crippen molar-refractivity contribution in [1.82, 2.24) is 29.7 Å². The summed E-state index contributed by atoms with van der Waals surface area (Å²) >= 11 is 0. The summed E-state index contributed by atoms with van der Waals surface area (Å²) < 4.78 is 3.70. The molecule has 8 heteroatoms. The summed E-state index contributed by atoms with van der Waals surface area (Å²) in [5, 5.41) is 16.1. The highest BCUT2D eigenvalue weighted by Crippen LogP contribution is 2.31. The van der Waals surface area contributed by atoms with Crippen LogP contribution in [0, 0.1) is 0 Å². The molecule has 31 heavy (non-hydrogen) atoms. The quantitative estimate of drug-likeness (QED) is 0.519. The topological polar surface area (TPSA) is 75.3 Å². The third-order valence-corrected chi connectivity index (χ3v) is 5.86. The lowest BCUT2D eigenvalue weighted by Crippen LogP contribution is -2.29. The van der Waals surface area contributed by atoms with E-state index in [9.17, 15) is 0 Å². The van der Waals surface area contributed by atoms with Crippen LogP contribution in [-0.4, -0.2) is 51.6 Å². The molecule has 0 saturated carbocycles. The number of benzene rings is 1. The fraction of sp³-hybridized carbons (Fsp3) is 0.348. The molecule has 0 bridgehead atoms. The Labute approximate surface area is 181 Å². The Morgan fingerprint density at radius 2 is 2.06 bits per heavy atom. The van der Waals surface area contributed by atoms with Crippen molar-refractivity contribution in [2.24, 2.45) is 7.05 Å². The second-order valence-electron chi connectivity index (χ2n) is 8.38. The van der Waals surface area contributed by atoms with Crippen LogP contribution in [-0.2, 0) is 7.05 Å². The van der Waals surface area contributed by atoms with E-state index in [2.05, 4.69) is 56.1 Å². The van der Waals surface area contributed by atoms with Gasteiger partial charge in [-0.3, -0.25) is 4.68 Å². The second-order valence-corrected chi connectivity index (χ2v) is 8.38. The van der Waals surface area contributed by atoms with Crippen LogP contribution in [0.3, 0.4) is 0 Å². The van der Waals surface area contributed by atoms with Crippen molar-refractivity contribution in [2.75, 3.05) is 37.4 Å². The van der Waals surface area contributed by atoms with Crippen LogP contribution >= 0.6 is 0 Å². The molecule has 1 unspecified atom stereocenters. The minimum absolute atomic E-state index is 0.393. The number of fused-ring (bicyclic) bond motifs is 1. The van der Waals surface area contributed by atoms with Crippen LogP contribution < -0.4 is 15.5 Å². The maximum atomic E-state index is 5.07. The van der Waals surface area contributed by atoms with E-state index >= 15 is 0 Å². The Hall–Kier alpha value is -3.39. The van der Waals surface area contributed by atoms with E-state index in [0.29, 0.717) is 5.92 Å². The first-order chi connectivity index (χ1) is 15.1. The Kier molecular flexibility index (Phi) is 5.07. The van der Waals surface area contributed by atoms with Gasteiger partial charge in [-0.25, -0.2) is 4.98 Å². The number of nitrogens with zero attached hydrogens (tertiary/aromatic N) is 6. The molecule has 3 aromatic heterocycles. The van der Waals surface area contributed by atoms with Gasteiger partial charge in [0.1, 0.15) is 5.82 Å². The summed E-state index contributed by atoms with van der Waals surface area (Å²) in [5.41, 5.74) is 6.11. The van der Waals surface area contributed by atoms with Gasteiger partial charge in [0.2, 0.25) is 0 Å². The lowest BCUT2D eigenvalue weighted by Gasteiger charge is -2.23. The smallest absolute Gasteiger partial charge is 0.165 e. The summed E-state index contributed by atoms with van der Waals surface area (Å²) in [6, 6.07) is 10.5. The number of rotatable bonds is 5. The Morgan fingerprint density at radius 3 is 2.81 bits per heavy atom. The third kappa shape index (κ3) is 3.86. The van der Waals surface area contributed by atoms with Crippen LogP contribution in [0.1, 0.15) is 24.5 Å². The SMILES string of the molecule is CN(C)c1cccc(Nc2cc(C3CCCNC3)nc3c(-c4cnn(C)c4)cnn23)c1. The van der Waals surface area contributed by atoms with Gasteiger partial charge in [-0.1, -0.05) is 6.07 Å². The molecule has 2 N–H and O–H groups in total. The van der Waals surface area contributed by atoms with Crippen molar-refractivity contribution in [1.29, 1.82) is 0 Å². The molecule has 1 aliphatic heterocycles. The van der Waals surface area contributed by atoms with E-state index in [1.54, 1.807) is 4.68 Å². The minimum atomic E-state index is 0.393. The van der Waals surface area contributed by atoms with Crippen LogP contribution in [0.4, 0.5) is 17.2 Å². The molecule has 0 aliphatic carbocycles. The average Bonchev–Trinajstić information content (AvgIpc) is 3.40. The van der Waals surface area contributed by atoms with Crippen molar-refractivity contribution >= 4 is 22.8 Å². The van der Waals surface area contributed by atoms with Gasteiger partial charge >= 0.3 is 0 Å². The maximum absolute atomic E-state index is 5.07. The number of hydrogen-bond donors (Lipinski definition) is 2. The number of aryl methyl sites for hydroxylation is 1. The molecule has 8 nitrogen and oxygen atoms in total. The summed E-state index contributed by atoms with van der Waals surface area (Å²) in [5.74, 6) is 1.31. The normalized spacial score (nSPS) is 16.5. The molecule has 1 aromatic carbocycles. The molecule has 1 aliphatic rings. The third-order valence-electron chi connectivity index (χ3n) is 5.86. The van der Waals surface area contributed by atoms with Gasteiger partial charge in [0.25, 0.3) is 0 Å². The van der Waals surface area contributed by atoms with E-state index in [1.165, 1.54) is 6.42 Å². The van der Waals surface area contributed by atoms with Crippen LogP contribution in [0.25, 0.3) is 16.8 Å². The van der Waals surface area contributed by atoms with E-state index < -0.39 is 0 Å². The number of anilines is 3. The number of hydrogen-bond acceptors (Lipinski definition) is 6. The van der Waals surface area contributed by atoms with Gasteiger partial charge in [0.05, 0.1) is 18.1 Å². The van der Waals surface area contributed by atoms with Crippen molar-refractivity contribution in [3.8, 4) is 11.1 Å². The fourth-order valence-corrected chi connectivity index (χ4v) is 4.16. The molecule has 1 fully saturated rings. The van der Waals surface area contributed by atoms with E-state index in [0.717, 1.165) is 59.2 Å². The van der Waals surface area contributed by atoms with Crippen molar-refractivity contribution < 1.29 is 0 Å². The first kappa shape index (κ1) is 19.6. The number of aromatic nitrogens is 5. The highest BCUT2D eigenvalue weighted by Gasteiger charge is 2.21. The summed E-state index contributed by atoms with van der Waals surface area (Å²) in [6.07, 6.45) is 8.05. The first-order valence-corrected chi connectivity index (χ1v) is 10.7. The molecule has 1 atom stereocenters. The van der Waals surface area contributed by atoms with Gasteiger partial charge in [-0.2, -0.15) is 14.7 Å². The summed E-state index contributed by atoms with van der Waals surface area (Å²) in [6.45, 7) is 2.03. The highest BCUT2D eigenvalue weighted by molar-refractivity contribution is 5.78. The summed E-state index contributed by atoms with van der Waals surface area (Å²) in [7, 11) is 6.02. The Bertz CT molecular complexity index is 1200. The molecule has 4 aromatic rings. The monoisotopic (exact) mass is 416 g/mol. The lowest BCUT2D eigenvalue weighted by molar-refractivity contribution is 0.455. The van der Waals surface area contributed by atoms with Crippen molar-refractivity contribution in [3.05, 3.63) is 54.6 Å². The zero-order valence-electron chi connectivity index (χ0n) is 18.2. The molecule has 0 radical (unpaired) electrons. The summed E-state index contributed by atoms with van der Waals surface area (Å²) in [4.78, 5) is 7.17. The maximum Gasteiger partial charge on any atom is 0.165 e. The molecule has 160 valence electrons. The van der Waals surface area contributed by atoms with Crippen molar-refractivity contribution in [3.63, 3.8) is 0 Å². The molecule has 1 saturated heterocycles. The number of nitrogens with one attached hydrogen (secondary N) is 2. The minimum Gasteiger partial charge on any atom is -0.378 e.